The Bertz CT molecular complexity index is 775. The number of halogens is 3. The number of nitrogens with zero attached hydrogens (tertiary/aromatic N) is 2. The molecule has 1 aromatic carbocycles. The Balaban J connectivity index is 1.87. The minimum atomic E-state index is -4.50. The highest BCUT2D eigenvalue weighted by Gasteiger charge is 2.34. The number of piperidine rings is 1. The predicted octanol–water partition coefficient (Wildman–Crippen LogP) is 3.75. The van der Waals surface area contributed by atoms with E-state index in [1.165, 1.54) is 36.5 Å². The van der Waals surface area contributed by atoms with Gasteiger partial charge in [-0.25, -0.2) is 0 Å². The molecule has 1 aliphatic rings. The Hall–Kier alpha value is -2.41. The van der Waals surface area contributed by atoms with Crippen LogP contribution in [0.3, 0.4) is 0 Å². The molecule has 1 amide bonds. The van der Waals surface area contributed by atoms with Crippen molar-refractivity contribution in [3.05, 3.63) is 53.7 Å². The third kappa shape index (κ3) is 3.72. The highest BCUT2D eigenvalue weighted by Crippen LogP contribution is 2.35. The van der Waals surface area contributed by atoms with Gasteiger partial charge in [0.05, 0.1) is 23.9 Å². The Kier molecular flexibility index (Phi) is 5.27. The third-order valence-electron chi connectivity index (χ3n) is 4.62. The minimum absolute atomic E-state index is 0.0906. The Morgan fingerprint density at radius 3 is 2.58 bits per heavy atom. The first kappa shape index (κ1) is 18.4. The molecule has 0 unspecified atom stereocenters. The number of hydrogen-bond donors (Lipinski definition) is 1. The molecule has 0 spiro atoms. The fraction of sp³-hybridized carbons (Fsp3) is 0.368. The van der Waals surface area contributed by atoms with Crippen molar-refractivity contribution in [2.45, 2.75) is 31.5 Å². The molecule has 1 atom stereocenters. The zero-order valence-corrected chi connectivity index (χ0v) is 14.0. The first-order valence-corrected chi connectivity index (χ1v) is 8.46. The molecule has 0 aliphatic carbocycles. The van der Waals surface area contributed by atoms with Crippen LogP contribution in [0.4, 0.5) is 13.2 Å². The van der Waals surface area contributed by atoms with Gasteiger partial charge in [-0.1, -0.05) is 12.1 Å². The van der Waals surface area contributed by atoms with Crippen LogP contribution >= 0.6 is 0 Å². The van der Waals surface area contributed by atoms with E-state index in [-0.39, 0.29) is 24.2 Å². The third-order valence-corrected chi connectivity index (χ3v) is 4.62. The second-order valence-electron chi connectivity index (χ2n) is 6.31. The minimum Gasteiger partial charge on any atom is -0.394 e. The van der Waals surface area contributed by atoms with E-state index in [0.717, 1.165) is 25.3 Å². The molecule has 0 saturated carbocycles. The smallest absolute Gasteiger partial charge is 0.394 e. The van der Waals surface area contributed by atoms with Crippen molar-refractivity contribution in [2.75, 3.05) is 13.2 Å². The molecule has 0 radical (unpaired) electrons. The van der Waals surface area contributed by atoms with Crippen molar-refractivity contribution in [3.63, 3.8) is 0 Å². The monoisotopic (exact) mass is 364 g/mol. The van der Waals surface area contributed by atoms with Crippen molar-refractivity contribution in [1.82, 2.24) is 9.88 Å². The zero-order valence-electron chi connectivity index (χ0n) is 14.0. The van der Waals surface area contributed by atoms with E-state index in [9.17, 15) is 23.1 Å². The van der Waals surface area contributed by atoms with Gasteiger partial charge in [-0.15, -0.1) is 0 Å². The first-order valence-electron chi connectivity index (χ1n) is 8.46. The van der Waals surface area contributed by atoms with Crippen LogP contribution in [0.2, 0.25) is 0 Å². The fourth-order valence-electron chi connectivity index (χ4n) is 3.26. The van der Waals surface area contributed by atoms with Gasteiger partial charge in [0.25, 0.3) is 5.91 Å². The molecule has 1 fully saturated rings. The van der Waals surface area contributed by atoms with E-state index < -0.39 is 11.7 Å². The topological polar surface area (TPSA) is 53.4 Å². The standard InChI is InChI=1S/C19H19F3N2O2/c20-19(21,22)16-5-3-10-23-17(16)13-6-8-14(9-7-13)18(26)24-11-2-1-4-15(24)12-25/h3,5-10,15,25H,1-2,4,11-12H2/t15-/m1/s1. The van der Waals surface area contributed by atoms with Crippen molar-refractivity contribution >= 4 is 5.91 Å². The van der Waals surface area contributed by atoms with Crippen molar-refractivity contribution < 1.29 is 23.1 Å². The van der Waals surface area contributed by atoms with Crippen LogP contribution in [-0.4, -0.2) is 40.1 Å². The number of amides is 1. The number of carbonyl (C=O) groups excluding carboxylic acids is 1. The molecular formula is C19H19F3N2O2. The molecule has 3 rings (SSSR count). The van der Waals surface area contributed by atoms with Crippen LogP contribution in [0.15, 0.2) is 42.6 Å². The van der Waals surface area contributed by atoms with Gasteiger partial charge >= 0.3 is 6.18 Å². The quantitative estimate of drug-likeness (QED) is 0.902. The summed E-state index contributed by atoms with van der Waals surface area (Å²) in [5, 5.41) is 9.45. The van der Waals surface area contributed by atoms with Gasteiger partial charge in [-0.05, 0) is 43.5 Å². The maximum absolute atomic E-state index is 13.1. The van der Waals surface area contributed by atoms with E-state index in [4.69, 9.17) is 0 Å². The molecule has 26 heavy (non-hydrogen) atoms. The second kappa shape index (κ2) is 7.45. The van der Waals surface area contributed by atoms with Gasteiger partial charge in [0.15, 0.2) is 0 Å². The summed E-state index contributed by atoms with van der Waals surface area (Å²) in [4.78, 5) is 18.2. The summed E-state index contributed by atoms with van der Waals surface area (Å²) in [5.74, 6) is -0.215. The van der Waals surface area contributed by atoms with E-state index in [1.54, 1.807) is 4.90 Å². The van der Waals surface area contributed by atoms with E-state index in [1.807, 2.05) is 0 Å². The number of aromatic nitrogens is 1. The van der Waals surface area contributed by atoms with Crippen LogP contribution in [0, 0.1) is 0 Å². The number of benzene rings is 1. The molecule has 1 N–H and O–H groups in total. The largest absolute Gasteiger partial charge is 0.418 e. The SMILES string of the molecule is O=C(c1ccc(-c2ncccc2C(F)(F)F)cc1)N1CCCC[C@@H]1CO. The molecular weight excluding hydrogens is 345 g/mol. The Labute approximate surface area is 149 Å². The number of aliphatic hydroxyl groups excluding tert-OH is 1. The van der Waals surface area contributed by atoms with E-state index >= 15 is 0 Å². The highest BCUT2D eigenvalue weighted by atomic mass is 19.4. The average Bonchev–Trinajstić information content (AvgIpc) is 2.67. The molecule has 1 saturated heterocycles. The lowest BCUT2D eigenvalue weighted by molar-refractivity contribution is -0.137. The summed E-state index contributed by atoms with van der Waals surface area (Å²) < 4.78 is 39.4. The number of hydrogen-bond acceptors (Lipinski definition) is 3. The molecule has 1 aromatic heterocycles. The van der Waals surface area contributed by atoms with Crippen LogP contribution < -0.4 is 0 Å². The van der Waals surface area contributed by atoms with Crippen molar-refractivity contribution in [3.8, 4) is 11.3 Å². The van der Waals surface area contributed by atoms with E-state index in [2.05, 4.69) is 4.98 Å². The number of carbonyl (C=O) groups is 1. The Morgan fingerprint density at radius 2 is 1.92 bits per heavy atom. The lowest BCUT2D eigenvalue weighted by Gasteiger charge is -2.34. The summed E-state index contributed by atoms with van der Waals surface area (Å²) in [7, 11) is 0. The molecule has 7 heteroatoms. The molecule has 2 aromatic rings. The van der Waals surface area contributed by atoms with Gasteiger partial charge in [0, 0.05) is 23.9 Å². The summed E-state index contributed by atoms with van der Waals surface area (Å²) >= 11 is 0. The first-order chi connectivity index (χ1) is 12.4. The van der Waals surface area contributed by atoms with Crippen LogP contribution in [0.1, 0.15) is 35.2 Å². The highest BCUT2D eigenvalue weighted by molar-refractivity contribution is 5.95. The number of likely N-dealkylation sites (tertiary alicyclic amines) is 1. The van der Waals surface area contributed by atoms with Gasteiger partial charge in [-0.3, -0.25) is 9.78 Å². The zero-order chi connectivity index (χ0) is 18.7. The molecule has 1 aliphatic heterocycles. The number of rotatable bonds is 3. The molecule has 138 valence electrons. The van der Waals surface area contributed by atoms with Gasteiger partial charge < -0.3 is 10.0 Å². The van der Waals surface area contributed by atoms with Crippen LogP contribution in [0.25, 0.3) is 11.3 Å². The van der Waals surface area contributed by atoms with Gasteiger partial charge in [0.2, 0.25) is 0 Å². The number of alkyl halides is 3. The van der Waals surface area contributed by atoms with Crippen LogP contribution in [-0.2, 0) is 6.18 Å². The maximum atomic E-state index is 13.1. The maximum Gasteiger partial charge on any atom is 0.418 e. The number of aliphatic hydroxyl groups is 1. The number of pyridine rings is 1. The lowest BCUT2D eigenvalue weighted by Crippen LogP contribution is -2.45. The summed E-state index contributed by atoms with van der Waals surface area (Å²) in [6.45, 7) is 0.483. The fourth-order valence-corrected chi connectivity index (χ4v) is 3.26. The van der Waals surface area contributed by atoms with E-state index in [0.29, 0.717) is 17.7 Å². The normalized spacial score (nSPS) is 18.0. The summed E-state index contributed by atoms with van der Waals surface area (Å²) in [5.41, 5.74) is -0.286. The van der Waals surface area contributed by atoms with Crippen LogP contribution in [0.5, 0.6) is 0 Å². The summed E-state index contributed by atoms with van der Waals surface area (Å²) in [6, 6.07) is 8.00. The average molecular weight is 364 g/mol. The summed E-state index contributed by atoms with van der Waals surface area (Å²) in [6.07, 6.45) is -0.594. The Morgan fingerprint density at radius 1 is 1.19 bits per heavy atom. The lowest BCUT2D eigenvalue weighted by atomic mass is 10.00. The molecule has 2 heterocycles. The van der Waals surface area contributed by atoms with Gasteiger partial charge in [-0.2, -0.15) is 13.2 Å². The predicted molar refractivity (Wildman–Crippen MR) is 90.4 cm³/mol. The molecule has 0 bridgehead atoms. The van der Waals surface area contributed by atoms with Crippen molar-refractivity contribution in [2.24, 2.45) is 0 Å². The molecule has 4 nitrogen and oxygen atoms in total. The van der Waals surface area contributed by atoms with Crippen molar-refractivity contribution in [1.29, 1.82) is 0 Å². The van der Waals surface area contributed by atoms with Gasteiger partial charge in [0.1, 0.15) is 0 Å². The second-order valence-corrected chi connectivity index (χ2v) is 6.31.